The summed E-state index contributed by atoms with van der Waals surface area (Å²) < 4.78 is 8.59. The van der Waals surface area contributed by atoms with Crippen molar-refractivity contribution in [1.29, 1.82) is 0 Å². The highest BCUT2D eigenvalue weighted by Crippen LogP contribution is 2.40. The summed E-state index contributed by atoms with van der Waals surface area (Å²) in [4.78, 5) is 0. The number of para-hydroxylation sites is 2. The van der Waals surface area contributed by atoms with Crippen LogP contribution < -0.4 is 0 Å². The second kappa shape index (κ2) is 4.64. The number of nitrogens with zero attached hydrogens (tertiary/aromatic N) is 1. The average Bonchev–Trinajstić information content (AvgIpc) is 3.11. The lowest BCUT2D eigenvalue weighted by atomic mass is 9.99. The average molecular weight is 313 g/mol. The van der Waals surface area contributed by atoms with Crippen LogP contribution in [0.2, 0.25) is 0 Å². The van der Waals surface area contributed by atoms with Crippen LogP contribution in [0, 0.1) is 0 Å². The van der Waals surface area contributed by atoms with Crippen LogP contribution in [-0.4, -0.2) is 4.57 Å². The molecule has 0 bridgehead atoms. The molecule has 0 radical (unpaired) electrons. The normalized spacial score (nSPS) is 12.3. The van der Waals surface area contributed by atoms with E-state index in [-0.39, 0.29) is 0 Å². The van der Waals surface area contributed by atoms with Crippen LogP contribution in [0.4, 0.5) is 0 Å². The summed E-state index contributed by atoms with van der Waals surface area (Å²) in [6.45, 7) is 4.51. The number of hydrogen-bond donors (Lipinski definition) is 0. The Morgan fingerprint density at radius 3 is 2.46 bits per heavy atom. The summed E-state index contributed by atoms with van der Waals surface area (Å²) in [6.07, 6.45) is 0. The highest BCUT2D eigenvalue weighted by molar-refractivity contribution is 6.23. The van der Waals surface area contributed by atoms with E-state index in [0.29, 0.717) is 5.92 Å². The van der Waals surface area contributed by atoms with E-state index in [1.807, 2.05) is 12.1 Å². The van der Waals surface area contributed by atoms with Crippen LogP contribution in [0.1, 0.15) is 25.3 Å². The molecular weight excluding hydrogens is 294 g/mol. The Morgan fingerprint density at radius 1 is 0.833 bits per heavy atom. The van der Waals surface area contributed by atoms with Crippen LogP contribution >= 0.6 is 0 Å². The van der Waals surface area contributed by atoms with Crippen molar-refractivity contribution >= 4 is 43.7 Å². The molecule has 5 aromatic rings. The van der Waals surface area contributed by atoms with Gasteiger partial charge in [0.1, 0.15) is 11.2 Å². The maximum absolute atomic E-state index is 6.27. The molecule has 2 aromatic heterocycles. The number of benzene rings is 3. The molecule has 2 nitrogen and oxygen atoms in total. The van der Waals surface area contributed by atoms with E-state index < -0.39 is 0 Å². The molecule has 0 aliphatic rings. The third-order valence-electron chi connectivity index (χ3n) is 5.18. The van der Waals surface area contributed by atoms with Gasteiger partial charge in [0.15, 0.2) is 0 Å². The first kappa shape index (κ1) is 13.7. The van der Waals surface area contributed by atoms with E-state index in [2.05, 4.69) is 67.9 Å². The predicted octanol–water partition coefficient (Wildman–Crippen LogP) is 6.35. The van der Waals surface area contributed by atoms with Gasteiger partial charge < -0.3 is 8.98 Å². The number of aryl methyl sites for hydroxylation is 1. The molecule has 0 atom stereocenters. The molecule has 0 aliphatic carbocycles. The van der Waals surface area contributed by atoms with Crippen molar-refractivity contribution in [3.63, 3.8) is 0 Å². The van der Waals surface area contributed by atoms with Crippen LogP contribution in [0.15, 0.2) is 59.0 Å². The van der Waals surface area contributed by atoms with Crippen LogP contribution in [0.25, 0.3) is 43.7 Å². The molecule has 0 N–H and O–H groups in total. The van der Waals surface area contributed by atoms with E-state index in [4.69, 9.17) is 4.42 Å². The summed E-state index contributed by atoms with van der Waals surface area (Å²) in [7, 11) is 2.16. The Kier molecular flexibility index (Phi) is 2.64. The Balaban J connectivity index is 2.08. The van der Waals surface area contributed by atoms with Gasteiger partial charge in [-0.25, -0.2) is 0 Å². The highest BCUT2D eigenvalue weighted by Gasteiger charge is 2.18. The van der Waals surface area contributed by atoms with Crippen molar-refractivity contribution < 1.29 is 4.42 Å². The lowest BCUT2D eigenvalue weighted by Crippen LogP contribution is -1.94. The van der Waals surface area contributed by atoms with Crippen molar-refractivity contribution in [2.75, 3.05) is 0 Å². The van der Waals surface area contributed by atoms with Crippen molar-refractivity contribution in [3.8, 4) is 0 Å². The summed E-state index contributed by atoms with van der Waals surface area (Å²) in [5.41, 5.74) is 5.88. The molecule has 0 fully saturated rings. The highest BCUT2D eigenvalue weighted by atomic mass is 16.3. The SMILES string of the molecule is CC(C)c1cccc2c3c4oc5ccccc5c4ccc3n(C)c12. The van der Waals surface area contributed by atoms with Gasteiger partial charge in [-0.2, -0.15) is 0 Å². The molecule has 0 aliphatic heterocycles. The fraction of sp³-hybridized carbons (Fsp3) is 0.182. The van der Waals surface area contributed by atoms with Crippen LogP contribution in [0.3, 0.4) is 0 Å². The molecule has 0 unspecified atom stereocenters. The van der Waals surface area contributed by atoms with Crippen molar-refractivity contribution in [2.24, 2.45) is 7.05 Å². The lowest BCUT2D eigenvalue weighted by Gasteiger charge is -2.09. The van der Waals surface area contributed by atoms with E-state index >= 15 is 0 Å². The van der Waals surface area contributed by atoms with E-state index in [1.165, 1.54) is 38.1 Å². The summed E-state index contributed by atoms with van der Waals surface area (Å²) >= 11 is 0. The van der Waals surface area contributed by atoms with Gasteiger partial charge in [0, 0.05) is 23.2 Å². The Morgan fingerprint density at radius 2 is 1.62 bits per heavy atom. The molecule has 118 valence electrons. The Bertz CT molecular complexity index is 1240. The summed E-state index contributed by atoms with van der Waals surface area (Å²) in [5, 5.41) is 4.89. The van der Waals surface area contributed by atoms with Gasteiger partial charge >= 0.3 is 0 Å². The van der Waals surface area contributed by atoms with Crippen LogP contribution in [0.5, 0.6) is 0 Å². The number of furan rings is 1. The maximum atomic E-state index is 6.27. The van der Waals surface area contributed by atoms with E-state index in [1.54, 1.807) is 0 Å². The van der Waals surface area contributed by atoms with Gasteiger partial charge in [-0.05, 0) is 29.7 Å². The molecule has 3 aromatic carbocycles. The Hall–Kier alpha value is -2.74. The maximum Gasteiger partial charge on any atom is 0.145 e. The zero-order valence-electron chi connectivity index (χ0n) is 14.1. The molecule has 0 saturated heterocycles. The number of hydrogen-bond acceptors (Lipinski definition) is 1. The standard InChI is InChI=1S/C22H19NO/c1-13(2)14-8-6-9-17-20-18(23(3)21(14)17)12-11-16-15-7-4-5-10-19(15)24-22(16)20/h4-13H,1-3H3. The van der Waals surface area contributed by atoms with Gasteiger partial charge in [-0.1, -0.05) is 50.2 Å². The molecule has 2 heteroatoms. The van der Waals surface area contributed by atoms with Crippen molar-refractivity contribution in [1.82, 2.24) is 4.57 Å². The Labute approximate surface area is 140 Å². The minimum absolute atomic E-state index is 0.489. The molecule has 0 spiro atoms. The monoisotopic (exact) mass is 313 g/mol. The zero-order valence-corrected chi connectivity index (χ0v) is 14.1. The minimum Gasteiger partial charge on any atom is -0.455 e. The third-order valence-corrected chi connectivity index (χ3v) is 5.18. The lowest BCUT2D eigenvalue weighted by molar-refractivity contribution is 0.673. The topological polar surface area (TPSA) is 18.1 Å². The molecular formula is C22H19NO. The molecule has 0 saturated carbocycles. The quantitative estimate of drug-likeness (QED) is 0.352. The van der Waals surface area contributed by atoms with Crippen molar-refractivity contribution in [2.45, 2.75) is 19.8 Å². The fourth-order valence-corrected chi connectivity index (χ4v) is 4.04. The smallest absolute Gasteiger partial charge is 0.145 e. The second-order valence-corrected chi connectivity index (χ2v) is 6.89. The summed E-state index contributed by atoms with van der Waals surface area (Å²) in [5.74, 6) is 0.489. The molecule has 5 rings (SSSR count). The van der Waals surface area contributed by atoms with Gasteiger partial charge in [0.2, 0.25) is 0 Å². The molecule has 2 heterocycles. The van der Waals surface area contributed by atoms with Crippen LogP contribution in [-0.2, 0) is 7.05 Å². The molecule has 24 heavy (non-hydrogen) atoms. The molecule has 0 amide bonds. The third kappa shape index (κ3) is 1.60. The predicted molar refractivity (Wildman–Crippen MR) is 102 cm³/mol. The summed E-state index contributed by atoms with van der Waals surface area (Å²) in [6, 6.07) is 19.3. The first-order valence-corrected chi connectivity index (χ1v) is 8.48. The van der Waals surface area contributed by atoms with Gasteiger partial charge in [0.25, 0.3) is 0 Å². The fourth-order valence-electron chi connectivity index (χ4n) is 4.04. The number of fused-ring (bicyclic) bond motifs is 7. The van der Waals surface area contributed by atoms with Gasteiger partial charge in [-0.3, -0.25) is 0 Å². The largest absolute Gasteiger partial charge is 0.455 e. The first-order valence-electron chi connectivity index (χ1n) is 8.48. The zero-order chi connectivity index (χ0) is 16.4. The minimum atomic E-state index is 0.489. The van der Waals surface area contributed by atoms with Gasteiger partial charge in [0.05, 0.1) is 16.4 Å². The van der Waals surface area contributed by atoms with E-state index in [9.17, 15) is 0 Å². The van der Waals surface area contributed by atoms with Gasteiger partial charge in [-0.15, -0.1) is 0 Å². The van der Waals surface area contributed by atoms with E-state index in [0.717, 1.165) is 11.2 Å². The number of rotatable bonds is 1. The van der Waals surface area contributed by atoms with Crippen molar-refractivity contribution in [3.05, 3.63) is 60.2 Å². The first-order chi connectivity index (χ1) is 11.7. The number of aromatic nitrogens is 1. The second-order valence-electron chi connectivity index (χ2n) is 6.89.